The number of ether oxygens (including phenoxy) is 1. The molecule has 0 bridgehead atoms. The lowest BCUT2D eigenvalue weighted by Crippen LogP contribution is -2.59. The molecule has 1 aliphatic heterocycles. The SMILES string of the molecule is CCC1(C)COC(c2ccccc2)C(C(C)C)N1. The van der Waals surface area contributed by atoms with Gasteiger partial charge in [0.05, 0.1) is 12.7 Å². The molecule has 0 amide bonds. The predicted octanol–water partition coefficient (Wildman–Crippen LogP) is 3.54. The molecule has 1 aromatic rings. The largest absolute Gasteiger partial charge is 0.370 e. The van der Waals surface area contributed by atoms with Crippen molar-refractivity contribution in [3.63, 3.8) is 0 Å². The van der Waals surface area contributed by atoms with Crippen LogP contribution in [-0.2, 0) is 4.74 Å². The molecule has 0 aromatic heterocycles. The number of rotatable bonds is 3. The van der Waals surface area contributed by atoms with Crippen molar-refractivity contribution in [3.05, 3.63) is 35.9 Å². The Morgan fingerprint density at radius 3 is 2.56 bits per heavy atom. The maximum absolute atomic E-state index is 6.18. The van der Waals surface area contributed by atoms with Crippen LogP contribution in [0, 0.1) is 5.92 Å². The van der Waals surface area contributed by atoms with Crippen molar-refractivity contribution in [2.45, 2.75) is 51.8 Å². The first-order chi connectivity index (χ1) is 8.56. The van der Waals surface area contributed by atoms with Gasteiger partial charge in [0, 0.05) is 11.6 Å². The number of morpholine rings is 1. The lowest BCUT2D eigenvalue weighted by atomic mass is 9.86. The van der Waals surface area contributed by atoms with Gasteiger partial charge in [-0.25, -0.2) is 0 Å². The molecule has 0 aliphatic carbocycles. The van der Waals surface area contributed by atoms with E-state index < -0.39 is 0 Å². The normalized spacial score (nSPS) is 32.7. The maximum atomic E-state index is 6.18. The molecule has 1 fully saturated rings. The third-order valence-corrected chi connectivity index (χ3v) is 4.05. The van der Waals surface area contributed by atoms with Gasteiger partial charge in [-0.3, -0.25) is 0 Å². The van der Waals surface area contributed by atoms with Gasteiger partial charge in [-0.15, -0.1) is 0 Å². The zero-order chi connectivity index (χ0) is 13.2. The first-order valence-corrected chi connectivity index (χ1v) is 7.00. The maximum Gasteiger partial charge on any atom is 0.0981 e. The molecular weight excluding hydrogens is 222 g/mol. The van der Waals surface area contributed by atoms with E-state index in [4.69, 9.17) is 4.74 Å². The second kappa shape index (κ2) is 5.41. The molecule has 1 aliphatic rings. The van der Waals surface area contributed by atoms with E-state index in [-0.39, 0.29) is 11.6 Å². The lowest BCUT2D eigenvalue weighted by Gasteiger charge is -2.45. The number of hydrogen-bond donors (Lipinski definition) is 1. The molecule has 100 valence electrons. The Morgan fingerprint density at radius 1 is 1.33 bits per heavy atom. The molecule has 0 spiro atoms. The highest BCUT2D eigenvalue weighted by molar-refractivity contribution is 5.20. The first kappa shape index (κ1) is 13.6. The average molecular weight is 247 g/mol. The van der Waals surface area contributed by atoms with Gasteiger partial charge in [-0.1, -0.05) is 51.1 Å². The molecule has 2 nitrogen and oxygen atoms in total. The Morgan fingerprint density at radius 2 is 2.00 bits per heavy atom. The summed E-state index contributed by atoms with van der Waals surface area (Å²) in [7, 11) is 0. The highest BCUT2D eigenvalue weighted by Crippen LogP contribution is 2.33. The Kier molecular flexibility index (Phi) is 4.08. The van der Waals surface area contributed by atoms with Gasteiger partial charge in [-0.2, -0.15) is 0 Å². The summed E-state index contributed by atoms with van der Waals surface area (Å²) < 4.78 is 6.18. The molecule has 1 saturated heterocycles. The van der Waals surface area contributed by atoms with Crippen molar-refractivity contribution < 1.29 is 4.74 Å². The van der Waals surface area contributed by atoms with Crippen LogP contribution in [0.4, 0.5) is 0 Å². The second-order valence-corrected chi connectivity index (χ2v) is 5.97. The molecule has 2 heteroatoms. The monoisotopic (exact) mass is 247 g/mol. The van der Waals surface area contributed by atoms with Crippen LogP contribution < -0.4 is 5.32 Å². The molecule has 3 atom stereocenters. The topological polar surface area (TPSA) is 21.3 Å². The molecule has 1 N–H and O–H groups in total. The minimum Gasteiger partial charge on any atom is -0.370 e. The Bertz CT molecular complexity index is 376. The number of hydrogen-bond acceptors (Lipinski definition) is 2. The van der Waals surface area contributed by atoms with E-state index in [1.165, 1.54) is 5.56 Å². The van der Waals surface area contributed by atoms with Crippen molar-refractivity contribution in [3.8, 4) is 0 Å². The van der Waals surface area contributed by atoms with Crippen LogP contribution in [0.3, 0.4) is 0 Å². The minimum absolute atomic E-state index is 0.111. The summed E-state index contributed by atoms with van der Waals surface area (Å²) in [6.07, 6.45) is 1.27. The van der Waals surface area contributed by atoms with E-state index in [9.17, 15) is 0 Å². The van der Waals surface area contributed by atoms with Crippen LogP contribution in [0.5, 0.6) is 0 Å². The van der Waals surface area contributed by atoms with E-state index in [0.29, 0.717) is 12.0 Å². The summed E-state index contributed by atoms with van der Waals surface area (Å²) in [4.78, 5) is 0. The van der Waals surface area contributed by atoms with Crippen LogP contribution in [0.1, 0.15) is 45.8 Å². The third-order valence-electron chi connectivity index (χ3n) is 4.05. The third kappa shape index (κ3) is 2.76. The fourth-order valence-electron chi connectivity index (χ4n) is 2.56. The summed E-state index contributed by atoms with van der Waals surface area (Å²) in [6.45, 7) is 9.78. The summed E-state index contributed by atoms with van der Waals surface area (Å²) in [5.74, 6) is 0.557. The molecule has 1 aromatic carbocycles. The minimum atomic E-state index is 0.111. The van der Waals surface area contributed by atoms with Gasteiger partial charge in [0.2, 0.25) is 0 Å². The van der Waals surface area contributed by atoms with Crippen LogP contribution in [-0.4, -0.2) is 18.2 Å². The predicted molar refractivity (Wildman–Crippen MR) is 75.6 cm³/mol. The fourth-order valence-corrected chi connectivity index (χ4v) is 2.56. The highest BCUT2D eigenvalue weighted by Gasteiger charge is 2.38. The van der Waals surface area contributed by atoms with E-state index in [0.717, 1.165) is 13.0 Å². The summed E-state index contributed by atoms with van der Waals surface area (Å²) in [6, 6.07) is 10.9. The Hall–Kier alpha value is -0.860. The quantitative estimate of drug-likeness (QED) is 0.882. The van der Waals surface area contributed by atoms with Crippen molar-refractivity contribution in [2.75, 3.05) is 6.61 Å². The number of benzene rings is 1. The van der Waals surface area contributed by atoms with Crippen LogP contribution in [0.25, 0.3) is 0 Å². The molecule has 2 rings (SSSR count). The first-order valence-electron chi connectivity index (χ1n) is 7.00. The van der Waals surface area contributed by atoms with Crippen molar-refractivity contribution >= 4 is 0 Å². The van der Waals surface area contributed by atoms with Crippen molar-refractivity contribution in [1.29, 1.82) is 0 Å². The van der Waals surface area contributed by atoms with Gasteiger partial charge in [0.1, 0.15) is 0 Å². The molecule has 0 radical (unpaired) electrons. The van der Waals surface area contributed by atoms with Gasteiger partial charge in [-0.05, 0) is 24.8 Å². The van der Waals surface area contributed by atoms with E-state index in [1.807, 2.05) is 0 Å². The zero-order valence-corrected chi connectivity index (χ0v) is 11.9. The molecular formula is C16H25NO. The van der Waals surface area contributed by atoms with Crippen LogP contribution in [0.2, 0.25) is 0 Å². The number of nitrogens with one attached hydrogen (secondary N) is 1. The van der Waals surface area contributed by atoms with Gasteiger partial charge < -0.3 is 10.1 Å². The van der Waals surface area contributed by atoms with Gasteiger partial charge in [0.15, 0.2) is 0 Å². The smallest absolute Gasteiger partial charge is 0.0981 e. The zero-order valence-electron chi connectivity index (χ0n) is 11.9. The highest BCUT2D eigenvalue weighted by atomic mass is 16.5. The van der Waals surface area contributed by atoms with E-state index >= 15 is 0 Å². The molecule has 1 heterocycles. The van der Waals surface area contributed by atoms with E-state index in [2.05, 4.69) is 63.3 Å². The summed E-state index contributed by atoms with van der Waals surface area (Å²) in [5, 5.41) is 3.80. The fraction of sp³-hybridized carbons (Fsp3) is 0.625. The molecule has 0 saturated carbocycles. The van der Waals surface area contributed by atoms with Crippen molar-refractivity contribution in [1.82, 2.24) is 5.32 Å². The Balaban J connectivity index is 2.21. The average Bonchev–Trinajstić information content (AvgIpc) is 2.39. The molecule has 3 unspecified atom stereocenters. The van der Waals surface area contributed by atoms with Crippen molar-refractivity contribution in [2.24, 2.45) is 5.92 Å². The van der Waals surface area contributed by atoms with Gasteiger partial charge >= 0.3 is 0 Å². The second-order valence-electron chi connectivity index (χ2n) is 5.97. The summed E-state index contributed by atoms with van der Waals surface area (Å²) in [5.41, 5.74) is 1.39. The van der Waals surface area contributed by atoms with Crippen LogP contribution >= 0.6 is 0 Å². The summed E-state index contributed by atoms with van der Waals surface area (Å²) >= 11 is 0. The van der Waals surface area contributed by atoms with E-state index in [1.54, 1.807) is 0 Å². The Labute approximate surface area is 111 Å². The van der Waals surface area contributed by atoms with Gasteiger partial charge in [0.25, 0.3) is 0 Å². The molecule has 18 heavy (non-hydrogen) atoms. The lowest BCUT2D eigenvalue weighted by molar-refractivity contribution is -0.0718. The standard InChI is InChI=1S/C16H25NO/c1-5-16(4)11-18-15(14(17-16)12(2)3)13-9-7-6-8-10-13/h6-10,12,14-15,17H,5,11H2,1-4H3. The van der Waals surface area contributed by atoms with Crippen LogP contribution in [0.15, 0.2) is 30.3 Å².